The van der Waals surface area contributed by atoms with Gasteiger partial charge < -0.3 is 15.6 Å². The first-order chi connectivity index (χ1) is 6.00. The van der Waals surface area contributed by atoms with Crippen molar-refractivity contribution in [1.82, 2.24) is 0 Å². The van der Waals surface area contributed by atoms with Crippen molar-refractivity contribution in [3.05, 3.63) is 0 Å². The molecule has 0 aromatic rings. The molecule has 1 rings (SSSR count). The highest BCUT2D eigenvalue weighted by molar-refractivity contribution is 5.73. The molecule has 4 atom stereocenters. The Morgan fingerprint density at radius 2 is 1.92 bits per heavy atom. The molecule has 4 nitrogen and oxygen atoms in total. The lowest BCUT2D eigenvalue weighted by molar-refractivity contribution is -0.142. The molecule has 1 saturated heterocycles. The van der Waals surface area contributed by atoms with Crippen LogP contribution in [0.5, 0.6) is 0 Å². The minimum atomic E-state index is -0.911. The first kappa shape index (κ1) is 10.5. The van der Waals surface area contributed by atoms with Gasteiger partial charge in [0.2, 0.25) is 0 Å². The summed E-state index contributed by atoms with van der Waals surface area (Å²) in [4.78, 5) is 10.6. The first-order valence-corrected chi connectivity index (χ1v) is 4.64. The van der Waals surface area contributed by atoms with Crippen LogP contribution in [0.1, 0.15) is 26.7 Å². The van der Waals surface area contributed by atoms with Crippen molar-refractivity contribution < 1.29 is 14.6 Å². The second-order valence-electron chi connectivity index (χ2n) is 3.85. The summed E-state index contributed by atoms with van der Waals surface area (Å²) >= 11 is 0. The molecule has 0 bridgehead atoms. The van der Waals surface area contributed by atoms with Crippen LogP contribution in [0, 0.1) is 5.92 Å². The third-order valence-electron chi connectivity index (χ3n) is 2.53. The van der Waals surface area contributed by atoms with Gasteiger partial charge in [-0.15, -0.1) is 0 Å². The summed E-state index contributed by atoms with van der Waals surface area (Å²) < 4.78 is 5.50. The van der Waals surface area contributed by atoms with Gasteiger partial charge in [-0.1, -0.05) is 0 Å². The molecule has 0 saturated carbocycles. The van der Waals surface area contributed by atoms with E-state index in [0.29, 0.717) is 0 Å². The Morgan fingerprint density at radius 3 is 2.31 bits per heavy atom. The largest absolute Gasteiger partial charge is 0.480 e. The number of aliphatic carboxylic acids is 1. The number of carboxylic acid groups (broad SMARTS) is 1. The third kappa shape index (κ3) is 2.67. The van der Waals surface area contributed by atoms with Crippen molar-refractivity contribution in [2.75, 3.05) is 0 Å². The second kappa shape index (κ2) is 4.07. The van der Waals surface area contributed by atoms with Crippen molar-refractivity contribution in [3.63, 3.8) is 0 Å². The number of hydrogen-bond acceptors (Lipinski definition) is 3. The zero-order valence-corrected chi connectivity index (χ0v) is 8.06. The van der Waals surface area contributed by atoms with Crippen LogP contribution < -0.4 is 5.73 Å². The summed E-state index contributed by atoms with van der Waals surface area (Å²) in [7, 11) is 0. The second-order valence-corrected chi connectivity index (χ2v) is 3.85. The van der Waals surface area contributed by atoms with E-state index in [9.17, 15) is 4.79 Å². The van der Waals surface area contributed by atoms with Crippen molar-refractivity contribution in [3.8, 4) is 0 Å². The number of hydrogen-bond donors (Lipinski definition) is 2. The third-order valence-corrected chi connectivity index (χ3v) is 2.53. The molecule has 0 spiro atoms. The molecule has 1 heterocycles. The summed E-state index contributed by atoms with van der Waals surface area (Å²) in [6, 6.07) is -0.742. The summed E-state index contributed by atoms with van der Waals surface area (Å²) in [6.45, 7) is 3.91. The highest BCUT2D eigenvalue weighted by Gasteiger charge is 2.31. The molecule has 1 aliphatic rings. The molecule has 0 aromatic heterocycles. The van der Waals surface area contributed by atoms with Gasteiger partial charge in [-0.3, -0.25) is 4.79 Å². The van der Waals surface area contributed by atoms with E-state index in [0.717, 1.165) is 12.8 Å². The zero-order chi connectivity index (χ0) is 10.0. The van der Waals surface area contributed by atoms with Gasteiger partial charge in [0.05, 0.1) is 12.2 Å². The molecule has 0 amide bonds. The minimum Gasteiger partial charge on any atom is -0.480 e. The summed E-state index contributed by atoms with van der Waals surface area (Å²) in [5, 5.41) is 8.74. The smallest absolute Gasteiger partial charge is 0.320 e. The summed E-state index contributed by atoms with van der Waals surface area (Å²) in [6.07, 6.45) is 1.74. The maximum absolute atomic E-state index is 10.6. The normalized spacial score (nSPS) is 37.0. The van der Waals surface area contributed by atoms with E-state index in [1.807, 2.05) is 13.8 Å². The van der Waals surface area contributed by atoms with Gasteiger partial charge in [0.15, 0.2) is 0 Å². The molecule has 4 heteroatoms. The fraction of sp³-hybridized carbons (Fsp3) is 0.889. The Balaban J connectivity index is 2.54. The lowest BCUT2D eigenvalue weighted by Crippen LogP contribution is -2.44. The van der Waals surface area contributed by atoms with E-state index in [4.69, 9.17) is 15.6 Å². The molecular weight excluding hydrogens is 170 g/mol. The van der Waals surface area contributed by atoms with Crippen molar-refractivity contribution >= 4 is 5.97 Å². The Labute approximate surface area is 78.1 Å². The predicted molar refractivity (Wildman–Crippen MR) is 48.3 cm³/mol. The number of carbonyl (C=O) groups is 1. The predicted octanol–water partition coefficient (Wildman–Crippen LogP) is 0.602. The number of rotatable bonds is 2. The molecule has 1 fully saturated rings. The average Bonchev–Trinajstić information content (AvgIpc) is 2.01. The SMILES string of the molecule is C[C@@H]1CC([C@@H](N)C(=O)O)C[C@H](C)O1. The van der Waals surface area contributed by atoms with Crippen LogP contribution in [-0.4, -0.2) is 29.3 Å². The molecule has 0 aliphatic carbocycles. The van der Waals surface area contributed by atoms with Gasteiger partial charge in [0.1, 0.15) is 6.04 Å². The Bertz CT molecular complexity index is 185. The molecule has 1 aliphatic heterocycles. The van der Waals surface area contributed by atoms with E-state index in [1.54, 1.807) is 0 Å². The van der Waals surface area contributed by atoms with Crippen LogP contribution in [0.2, 0.25) is 0 Å². The minimum absolute atomic E-state index is 0.0521. The maximum Gasteiger partial charge on any atom is 0.320 e. The van der Waals surface area contributed by atoms with Crippen molar-refractivity contribution in [2.24, 2.45) is 11.7 Å². The Morgan fingerprint density at radius 1 is 1.46 bits per heavy atom. The van der Waals surface area contributed by atoms with Gasteiger partial charge in [-0.2, -0.15) is 0 Å². The molecule has 0 radical (unpaired) electrons. The molecule has 0 aromatic carbocycles. The van der Waals surface area contributed by atoms with Gasteiger partial charge in [-0.25, -0.2) is 0 Å². The molecular formula is C9H17NO3. The monoisotopic (exact) mass is 187 g/mol. The summed E-state index contributed by atoms with van der Waals surface area (Å²) in [5.74, 6) is -0.859. The quantitative estimate of drug-likeness (QED) is 0.664. The topological polar surface area (TPSA) is 72.6 Å². The van der Waals surface area contributed by atoms with Crippen LogP contribution in [-0.2, 0) is 9.53 Å². The maximum atomic E-state index is 10.6. The van der Waals surface area contributed by atoms with Gasteiger partial charge >= 0.3 is 5.97 Å². The number of nitrogens with two attached hydrogens (primary N) is 1. The lowest BCUT2D eigenvalue weighted by Gasteiger charge is -2.33. The van der Waals surface area contributed by atoms with E-state index >= 15 is 0 Å². The van der Waals surface area contributed by atoms with Crippen LogP contribution in [0.25, 0.3) is 0 Å². The van der Waals surface area contributed by atoms with E-state index in [-0.39, 0.29) is 18.1 Å². The first-order valence-electron chi connectivity index (χ1n) is 4.64. The molecule has 3 N–H and O–H groups in total. The van der Waals surface area contributed by atoms with E-state index < -0.39 is 12.0 Å². The van der Waals surface area contributed by atoms with Crippen molar-refractivity contribution in [1.29, 1.82) is 0 Å². The molecule has 13 heavy (non-hydrogen) atoms. The highest BCUT2D eigenvalue weighted by atomic mass is 16.5. The summed E-state index contributed by atoms with van der Waals surface area (Å²) in [5.41, 5.74) is 5.56. The lowest BCUT2D eigenvalue weighted by atomic mass is 9.87. The standard InChI is InChI=1S/C9H17NO3/c1-5-3-7(4-6(2)13-5)8(10)9(11)12/h5-8H,3-4,10H2,1-2H3,(H,11,12)/t5-,6+,7?,8-/m1/s1. The van der Waals surface area contributed by atoms with E-state index in [1.165, 1.54) is 0 Å². The molecule has 76 valence electrons. The Kier molecular flexibility index (Phi) is 3.27. The molecule has 1 unspecified atom stereocenters. The number of ether oxygens (including phenoxy) is 1. The van der Waals surface area contributed by atoms with Crippen LogP contribution in [0.4, 0.5) is 0 Å². The average molecular weight is 187 g/mol. The number of carboxylic acids is 1. The van der Waals surface area contributed by atoms with Crippen LogP contribution >= 0.6 is 0 Å². The highest BCUT2D eigenvalue weighted by Crippen LogP contribution is 2.26. The van der Waals surface area contributed by atoms with E-state index in [2.05, 4.69) is 0 Å². The fourth-order valence-electron chi connectivity index (χ4n) is 1.95. The van der Waals surface area contributed by atoms with Gasteiger partial charge in [0.25, 0.3) is 0 Å². The van der Waals surface area contributed by atoms with Crippen molar-refractivity contribution in [2.45, 2.75) is 44.9 Å². The van der Waals surface area contributed by atoms with Gasteiger partial charge in [-0.05, 0) is 32.6 Å². The fourth-order valence-corrected chi connectivity index (χ4v) is 1.95. The Hall–Kier alpha value is -0.610. The van der Waals surface area contributed by atoms with Gasteiger partial charge in [0, 0.05) is 0 Å². The van der Waals surface area contributed by atoms with Crippen LogP contribution in [0.3, 0.4) is 0 Å². The van der Waals surface area contributed by atoms with Crippen LogP contribution in [0.15, 0.2) is 0 Å². The zero-order valence-electron chi connectivity index (χ0n) is 8.06.